The van der Waals surface area contributed by atoms with Gasteiger partial charge in [0.25, 0.3) is 11.9 Å². The van der Waals surface area contributed by atoms with Crippen LogP contribution in [0, 0.1) is 10.1 Å². The largest absolute Gasteiger partial charge is 0.326 e. The van der Waals surface area contributed by atoms with Gasteiger partial charge in [0.1, 0.15) is 5.10 Å². The zero-order chi connectivity index (χ0) is 19.4. The van der Waals surface area contributed by atoms with E-state index in [-0.39, 0.29) is 25.2 Å². The standard InChI is InChI=1S/C15H16ClN7O3S/c1-20-9-22(18-13(24)11-5-3-2-4-6-11)10-21(15(20)19-23(25)26)8-12-7-17-14(16)27-12/h2-7H,8-10H2,1H3,(H,18,24)/b19-15+. The molecule has 1 N–H and O–H groups in total. The normalized spacial score (nSPS) is 16.6. The summed E-state index contributed by atoms with van der Waals surface area (Å²) in [5.41, 5.74) is 3.33. The van der Waals surface area contributed by atoms with E-state index in [1.54, 1.807) is 52.3 Å². The van der Waals surface area contributed by atoms with Crippen LogP contribution in [0.3, 0.4) is 0 Å². The van der Waals surface area contributed by atoms with E-state index in [2.05, 4.69) is 15.5 Å². The molecule has 1 amide bonds. The lowest BCUT2D eigenvalue weighted by Crippen LogP contribution is -2.61. The first-order valence-electron chi connectivity index (χ1n) is 7.82. The maximum atomic E-state index is 12.4. The lowest BCUT2D eigenvalue weighted by atomic mass is 10.2. The van der Waals surface area contributed by atoms with Crippen molar-refractivity contribution < 1.29 is 9.83 Å². The molecule has 142 valence electrons. The Balaban J connectivity index is 1.76. The summed E-state index contributed by atoms with van der Waals surface area (Å²) in [6.45, 7) is 0.773. The van der Waals surface area contributed by atoms with E-state index in [1.165, 1.54) is 11.3 Å². The van der Waals surface area contributed by atoms with Gasteiger partial charge in [-0.25, -0.2) is 15.1 Å². The topological polar surface area (TPSA) is 107 Å². The van der Waals surface area contributed by atoms with Crippen LogP contribution in [0.2, 0.25) is 4.47 Å². The number of rotatable bonds is 5. The van der Waals surface area contributed by atoms with Gasteiger partial charge in [-0.15, -0.1) is 11.3 Å². The molecule has 0 unspecified atom stereocenters. The molecular weight excluding hydrogens is 394 g/mol. The summed E-state index contributed by atoms with van der Waals surface area (Å²) in [5.74, 6) is -0.0748. The average molecular weight is 410 g/mol. The Kier molecular flexibility index (Phi) is 5.84. The van der Waals surface area contributed by atoms with Crippen molar-refractivity contribution in [3.05, 3.63) is 61.6 Å². The van der Waals surface area contributed by atoms with E-state index in [4.69, 9.17) is 11.6 Å². The molecule has 1 fully saturated rings. The summed E-state index contributed by atoms with van der Waals surface area (Å²) in [5, 5.41) is 15.3. The van der Waals surface area contributed by atoms with Crippen molar-refractivity contribution in [2.75, 3.05) is 20.4 Å². The second-order valence-corrected chi connectivity index (χ2v) is 7.44. The molecule has 0 saturated carbocycles. The third kappa shape index (κ3) is 4.90. The number of carbonyl (C=O) groups is 1. The highest BCUT2D eigenvalue weighted by atomic mass is 35.5. The Labute approximate surface area is 163 Å². The highest BCUT2D eigenvalue weighted by Crippen LogP contribution is 2.21. The molecule has 3 rings (SSSR count). The van der Waals surface area contributed by atoms with E-state index >= 15 is 0 Å². The maximum Gasteiger partial charge on any atom is 0.276 e. The molecule has 0 spiro atoms. The molecule has 1 aliphatic rings. The van der Waals surface area contributed by atoms with Gasteiger partial charge in [0.05, 0.1) is 19.9 Å². The van der Waals surface area contributed by atoms with Gasteiger partial charge in [-0.3, -0.25) is 10.2 Å². The Morgan fingerprint density at radius 1 is 1.41 bits per heavy atom. The predicted molar refractivity (Wildman–Crippen MR) is 100 cm³/mol. The summed E-state index contributed by atoms with van der Waals surface area (Å²) < 4.78 is 0.386. The summed E-state index contributed by atoms with van der Waals surface area (Å²) in [4.78, 5) is 31.4. The number of aromatic nitrogens is 1. The number of thiazole rings is 1. The third-order valence-corrected chi connectivity index (χ3v) is 4.79. The smallest absolute Gasteiger partial charge is 0.276 e. The van der Waals surface area contributed by atoms with Gasteiger partial charge in [0.15, 0.2) is 9.50 Å². The molecule has 0 bridgehead atoms. The fourth-order valence-electron chi connectivity index (χ4n) is 2.62. The van der Waals surface area contributed by atoms with E-state index in [0.717, 1.165) is 4.88 Å². The maximum absolute atomic E-state index is 12.4. The minimum absolute atomic E-state index is 0.190. The van der Waals surface area contributed by atoms with E-state index in [0.29, 0.717) is 16.6 Å². The Morgan fingerprint density at radius 2 is 2.15 bits per heavy atom. The van der Waals surface area contributed by atoms with E-state index < -0.39 is 5.03 Å². The number of nitrogens with one attached hydrogen (secondary N) is 1. The molecule has 27 heavy (non-hydrogen) atoms. The third-order valence-electron chi connectivity index (χ3n) is 3.69. The minimum Gasteiger partial charge on any atom is -0.326 e. The van der Waals surface area contributed by atoms with Gasteiger partial charge in [0, 0.05) is 23.7 Å². The van der Waals surface area contributed by atoms with Crippen LogP contribution in [0.1, 0.15) is 15.2 Å². The van der Waals surface area contributed by atoms with Crippen LogP contribution < -0.4 is 5.43 Å². The number of hydrazone groups is 1. The Hall–Kier alpha value is -2.76. The number of carbonyl (C=O) groups excluding carboxylic acids is 1. The monoisotopic (exact) mass is 409 g/mol. The molecule has 0 atom stereocenters. The summed E-state index contributed by atoms with van der Waals surface area (Å²) >= 11 is 7.14. The van der Waals surface area contributed by atoms with Crippen LogP contribution in [-0.4, -0.2) is 57.1 Å². The van der Waals surface area contributed by atoms with E-state index in [9.17, 15) is 14.9 Å². The van der Waals surface area contributed by atoms with Crippen LogP contribution in [0.15, 0.2) is 41.6 Å². The quantitative estimate of drug-likeness (QED) is 0.591. The molecule has 2 heterocycles. The molecule has 1 aromatic carbocycles. The molecule has 1 aliphatic heterocycles. The van der Waals surface area contributed by atoms with Crippen molar-refractivity contribution in [3.63, 3.8) is 0 Å². The van der Waals surface area contributed by atoms with Crippen LogP contribution in [-0.2, 0) is 6.54 Å². The first-order chi connectivity index (χ1) is 12.9. The Bertz CT molecular complexity index is 860. The van der Waals surface area contributed by atoms with Gasteiger partial charge in [-0.05, 0) is 12.1 Å². The van der Waals surface area contributed by atoms with Crippen LogP contribution in [0.5, 0.6) is 0 Å². The number of nitro groups is 1. The van der Waals surface area contributed by atoms with Crippen molar-refractivity contribution in [1.29, 1.82) is 0 Å². The SMILES string of the molecule is CN1CN(NC(=O)c2ccccc2)CN(Cc2cnc(Cl)s2)/C1=N/[N+](=O)[O-]. The summed E-state index contributed by atoms with van der Waals surface area (Å²) in [6, 6.07) is 8.80. The summed E-state index contributed by atoms with van der Waals surface area (Å²) in [7, 11) is 1.66. The fourth-order valence-corrected chi connectivity index (χ4v) is 3.61. The van der Waals surface area contributed by atoms with Gasteiger partial charge < -0.3 is 9.80 Å². The number of hydrazine groups is 1. The number of hydrogen-bond acceptors (Lipinski definition) is 6. The zero-order valence-electron chi connectivity index (χ0n) is 14.3. The number of hydrogen-bond donors (Lipinski definition) is 1. The van der Waals surface area contributed by atoms with E-state index in [1.807, 2.05) is 6.07 Å². The second kappa shape index (κ2) is 8.29. The Morgan fingerprint density at radius 3 is 2.78 bits per heavy atom. The molecular formula is C15H16ClN7O3S. The van der Waals surface area contributed by atoms with Crippen molar-refractivity contribution in [3.8, 4) is 0 Å². The minimum atomic E-state index is -0.739. The average Bonchev–Trinajstić information content (AvgIpc) is 3.03. The first-order valence-corrected chi connectivity index (χ1v) is 9.02. The van der Waals surface area contributed by atoms with Crippen molar-refractivity contribution in [2.45, 2.75) is 6.54 Å². The number of halogens is 1. The van der Waals surface area contributed by atoms with Crippen LogP contribution in [0.25, 0.3) is 0 Å². The van der Waals surface area contributed by atoms with Gasteiger partial charge in [-0.1, -0.05) is 29.8 Å². The van der Waals surface area contributed by atoms with Crippen molar-refractivity contribution in [2.24, 2.45) is 5.10 Å². The van der Waals surface area contributed by atoms with Crippen molar-refractivity contribution in [1.82, 2.24) is 25.2 Å². The predicted octanol–water partition coefficient (Wildman–Crippen LogP) is 1.65. The van der Waals surface area contributed by atoms with Gasteiger partial charge >= 0.3 is 0 Å². The number of benzene rings is 1. The summed E-state index contributed by atoms with van der Waals surface area (Å²) in [6.07, 6.45) is 1.61. The number of amides is 1. The number of guanidine groups is 1. The second-order valence-electron chi connectivity index (χ2n) is 5.74. The molecule has 1 saturated heterocycles. The molecule has 2 aromatic rings. The first kappa shape index (κ1) is 19.0. The lowest BCUT2D eigenvalue weighted by molar-refractivity contribution is -0.486. The van der Waals surface area contributed by atoms with Crippen molar-refractivity contribution >= 4 is 34.8 Å². The molecule has 0 radical (unpaired) electrons. The zero-order valence-corrected chi connectivity index (χ0v) is 15.9. The highest BCUT2D eigenvalue weighted by molar-refractivity contribution is 7.15. The van der Waals surface area contributed by atoms with Gasteiger partial charge in [0.2, 0.25) is 0 Å². The molecule has 10 nitrogen and oxygen atoms in total. The molecule has 1 aromatic heterocycles. The molecule has 0 aliphatic carbocycles. The fraction of sp³-hybridized carbons (Fsp3) is 0.267. The lowest BCUT2D eigenvalue weighted by Gasteiger charge is -2.41. The van der Waals surface area contributed by atoms with Crippen LogP contribution >= 0.6 is 22.9 Å². The number of nitrogens with zero attached hydrogens (tertiary/aromatic N) is 6. The van der Waals surface area contributed by atoms with Crippen LogP contribution in [0.4, 0.5) is 0 Å². The molecule has 12 heteroatoms. The highest BCUT2D eigenvalue weighted by Gasteiger charge is 2.30. The van der Waals surface area contributed by atoms with Gasteiger partial charge in [-0.2, -0.15) is 5.01 Å².